The van der Waals surface area contributed by atoms with Gasteiger partial charge < -0.3 is 65.3 Å². The van der Waals surface area contributed by atoms with Crippen LogP contribution >= 0.6 is 0 Å². The fourth-order valence-corrected chi connectivity index (χ4v) is 10.5. The summed E-state index contributed by atoms with van der Waals surface area (Å²) in [6.07, 6.45) is 0.859. The molecule has 0 radical (unpaired) electrons. The minimum atomic E-state index is -0.348. The van der Waals surface area contributed by atoms with E-state index in [1.54, 1.807) is 24.3 Å². The highest BCUT2D eigenvalue weighted by Crippen LogP contribution is 2.37. The lowest BCUT2D eigenvalue weighted by Gasteiger charge is -2.29. The number of carbonyl (C=O) groups is 4. The van der Waals surface area contributed by atoms with E-state index in [1.807, 2.05) is 36.4 Å². The van der Waals surface area contributed by atoms with Gasteiger partial charge in [-0.2, -0.15) is 0 Å². The molecule has 20 heteroatoms. The molecule has 0 saturated heterocycles. The van der Waals surface area contributed by atoms with Gasteiger partial charge in [0.1, 0.15) is 0 Å². The average molecular weight is 1110 g/mol. The van der Waals surface area contributed by atoms with Crippen LogP contribution in [0.15, 0.2) is 91.0 Å². The molecular formula is C61H76N8O12. The third-order valence-electron chi connectivity index (χ3n) is 14.4. The number of amides is 4. The van der Waals surface area contributed by atoms with Crippen molar-refractivity contribution >= 4 is 73.0 Å². The molecular weight excluding hydrogens is 1040 g/mol. The van der Waals surface area contributed by atoms with Crippen molar-refractivity contribution in [2.75, 3.05) is 174 Å². The van der Waals surface area contributed by atoms with Crippen LogP contribution in [0.2, 0.25) is 0 Å². The molecule has 0 spiro atoms. The summed E-state index contributed by atoms with van der Waals surface area (Å²) in [6, 6.07) is 29.1. The Kier molecular flexibility index (Phi) is 22.1. The smallest absolute Gasteiger partial charge is 0.261 e. The number of ether oxygens (including phenoxy) is 8. The molecule has 0 saturated carbocycles. The lowest BCUT2D eigenvalue weighted by molar-refractivity contribution is 0.0274. The second-order valence-corrected chi connectivity index (χ2v) is 19.7. The lowest BCUT2D eigenvalue weighted by Crippen LogP contribution is -2.42. The van der Waals surface area contributed by atoms with Crippen molar-refractivity contribution in [3.05, 3.63) is 124 Å². The lowest BCUT2D eigenvalue weighted by atomic mass is 9.93. The van der Waals surface area contributed by atoms with E-state index in [0.717, 1.165) is 53.9 Å². The Bertz CT molecular complexity index is 3050. The van der Waals surface area contributed by atoms with Gasteiger partial charge >= 0.3 is 0 Å². The molecule has 81 heavy (non-hydrogen) atoms. The average Bonchev–Trinajstić information content (AvgIpc) is 3.50. The maximum absolute atomic E-state index is 13.7. The quantitative estimate of drug-likeness (QED) is 0.0230. The van der Waals surface area contributed by atoms with Crippen LogP contribution in [-0.2, 0) is 51.0 Å². The number of nitrogens with zero attached hydrogens (tertiary/aromatic N) is 3. The fraction of sp³-hybridized carbons (Fsp3) is 0.443. The largest absolute Gasteiger partial charge is 0.382 e. The highest BCUT2D eigenvalue weighted by atomic mass is 16.5. The SMILES string of the molecule is NCCCOCCOCCNc1ccc2c3c(cccc13)CN(CCOCCOCCN1C(=O)c3cccc4c(NCCOCCOCCNc5ccc6c7c(cccc57)C(=O)N(CCOCCOCCN)C6=O)ccc(c34)C1=O)C2. The van der Waals surface area contributed by atoms with Crippen molar-refractivity contribution < 1.29 is 57.1 Å². The standard InChI is InChI=1S/C61H76N8O12/c62-17-4-25-74-33-35-76-27-19-64-52-14-11-44-42-67(41-43-5-1-6-45(52)55(43)44)22-30-79-39-40-81-32-24-69-59(71)49-10-3-8-47-54(16-13-51(57(47)49)61(69)73)66-21-29-78-37-36-77-28-20-65-53-15-12-50-56-46(53)7-2-9-48(56)58(70)68(60(50)72)23-31-80-38-34-75-26-18-63/h1-3,5-16,64-66H,4,17-42,62-63H2. The van der Waals surface area contributed by atoms with Crippen molar-refractivity contribution in [3.8, 4) is 0 Å². The summed E-state index contributed by atoms with van der Waals surface area (Å²) in [5.41, 5.74) is 18.1. The summed E-state index contributed by atoms with van der Waals surface area (Å²) in [6.45, 7) is 12.4. The van der Waals surface area contributed by atoms with Crippen molar-refractivity contribution in [3.63, 3.8) is 0 Å². The molecule has 3 aliphatic rings. The van der Waals surface area contributed by atoms with Gasteiger partial charge in [-0.25, -0.2) is 0 Å². The second kappa shape index (κ2) is 30.4. The molecule has 0 aliphatic carbocycles. The number of benzene rings is 6. The predicted molar refractivity (Wildman–Crippen MR) is 311 cm³/mol. The minimum Gasteiger partial charge on any atom is -0.382 e. The molecule has 0 fully saturated rings. The molecule has 7 N–H and O–H groups in total. The number of nitrogens with two attached hydrogens (primary N) is 2. The molecule has 0 atom stereocenters. The fourth-order valence-electron chi connectivity index (χ4n) is 10.5. The number of nitrogens with one attached hydrogen (secondary N) is 3. The number of carbonyl (C=O) groups excluding carboxylic acids is 4. The Labute approximate surface area is 472 Å². The van der Waals surface area contributed by atoms with Gasteiger partial charge in [-0.3, -0.25) is 33.9 Å². The summed E-state index contributed by atoms with van der Waals surface area (Å²) in [5, 5.41) is 15.7. The minimum absolute atomic E-state index is 0.128. The zero-order valence-electron chi connectivity index (χ0n) is 46.1. The van der Waals surface area contributed by atoms with Crippen molar-refractivity contribution in [2.24, 2.45) is 11.5 Å². The monoisotopic (exact) mass is 1110 g/mol. The topological polar surface area (TPSA) is 240 Å². The summed E-state index contributed by atoms with van der Waals surface area (Å²) in [7, 11) is 0. The first-order valence-electron chi connectivity index (χ1n) is 28.2. The molecule has 6 aromatic rings. The van der Waals surface area contributed by atoms with Crippen molar-refractivity contribution in [1.29, 1.82) is 0 Å². The van der Waals surface area contributed by atoms with Gasteiger partial charge in [-0.05, 0) is 71.9 Å². The van der Waals surface area contributed by atoms with Crippen molar-refractivity contribution in [1.82, 2.24) is 14.7 Å². The highest BCUT2D eigenvalue weighted by molar-refractivity contribution is 6.28. The Morgan fingerprint density at radius 2 is 0.728 bits per heavy atom. The molecule has 20 nitrogen and oxygen atoms in total. The summed E-state index contributed by atoms with van der Waals surface area (Å²) >= 11 is 0. The van der Waals surface area contributed by atoms with E-state index in [9.17, 15) is 19.2 Å². The van der Waals surface area contributed by atoms with E-state index in [2.05, 4.69) is 51.2 Å². The summed E-state index contributed by atoms with van der Waals surface area (Å²) in [4.78, 5) is 59.2. The maximum atomic E-state index is 13.7. The molecule has 3 heterocycles. The summed E-state index contributed by atoms with van der Waals surface area (Å²) < 4.78 is 45.6. The van der Waals surface area contributed by atoms with Crippen LogP contribution in [0.25, 0.3) is 32.3 Å². The number of hydrogen-bond donors (Lipinski definition) is 5. The van der Waals surface area contributed by atoms with Gasteiger partial charge in [0.25, 0.3) is 23.6 Å². The predicted octanol–water partition coefficient (Wildman–Crippen LogP) is 5.73. The van der Waals surface area contributed by atoms with Gasteiger partial charge in [0.05, 0.1) is 112 Å². The van der Waals surface area contributed by atoms with E-state index in [1.165, 1.54) is 31.7 Å². The summed E-state index contributed by atoms with van der Waals surface area (Å²) in [5.74, 6) is -1.39. The molecule has 9 rings (SSSR count). The first-order valence-corrected chi connectivity index (χ1v) is 28.2. The molecule has 0 bridgehead atoms. The van der Waals surface area contributed by atoms with Gasteiger partial charge in [0.2, 0.25) is 0 Å². The first-order chi connectivity index (χ1) is 39.9. The van der Waals surface area contributed by atoms with Crippen LogP contribution in [0.4, 0.5) is 17.1 Å². The van der Waals surface area contributed by atoms with Crippen LogP contribution in [-0.4, -0.2) is 196 Å². The van der Waals surface area contributed by atoms with Crippen molar-refractivity contribution in [2.45, 2.75) is 19.5 Å². The second-order valence-electron chi connectivity index (χ2n) is 19.7. The molecule has 4 amide bonds. The Hall–Kier alpha value is -6.66. The molecule has 0 unspecified atom stereocenters. The third-order valence-corrected chi connectivity index (χ3v) is 14.4. The van der Waals surface area contributed by atoms with Crippen LogP contribution in [0.3, 0.4) is 0 Å². The first kappa shape index (κ1) is 59.0. The zero-order valence-corrected chi connectivity index (χ0v) is 46.1. The van der Waals surface area contributed by atoms with Crippen LogP contribution < -0.4 is 27.4 Å². The van der Waals surface area contributed by atoms with E-state index in [0.29, 0.717) is 158 Å². The van der Waals surface area contributed by atoms with Crippen LogP contribution in [0.5, 0.6) is 0 Å². The maximum Gasteiger partial charge on any atom is 0.261 e. The Morgan fingerprint density at radius 1 is 0.358 bits per heavy atom. The van der Waals surface area contributed by atoms with Gasteiger partial charge in [0, 0.05) is 119 Å². The Morgan fingerprint density at radius 3 is 1.19 bits per heavy atom. The number of hydrogen-bond acceptors (Lipinski definition) is 18. The van der Waals surface area contributed by atoms with E-state index >= 15 is 0 Å². The molecule has 0 aromatic heterocycles. The van der Waals surface area contributed by atoms with Gasteiger partial charge in [-0.15, -0.1) is 0 Å². The molecule has 432 valence electrons. The van der Waals surface area contributed by atoms with Gasteiger partial charge in [0.15, 0.2) is 0 Å². The van der Waals surface area contributed by atoms with E-state index < -0.39 is 0 Å². The normalized spacial score (nSPS) is 14.1. The third kappa shape index (κ3) is 14.9. The van der Waals surface area contributed by atoms with E-state index in [-0.39, 0.29) is 49.9 Å². The Balaban J connectivity index is 0.633. The number of imide groups is 2. The van der Waals surface area contributed by atoms with E-state index in [4.69, 9.17) is 49.4 Å². The zero-order chi connectivity index (χ0) is 56.2. The van der Waals surface area contributed by atoms with Crippen LogP contribution in [0, 0.1) is 0 Å². The van der Waals surface area contributed by atoms with Crippen LogP contribution in [0.1, 0.15) is 59.0 Å². The molecule has 6 aromatic carbocycles. The highest BCUT2D eigenvalue weighted by Gasteiger charge is 2.35. The number of anilines is 3. The number of rotatable bonds is 38. The molecule has 3 aliphatic heterocycles. The van der Waals surface area contributed by atoms with Gasteiger partial charge in [-0.1, -0.05) is 48.5 Å².